The largest absolute Gasteiger partial charge is 0.489 e. The molecule has 7 rings (SSSR count). The van der Waals surface area contributed by atoms with E-state index < -0.39 is 29.7 Å². The molecule has 0 radical (unpaired) electrons. The molecule has 3 fully saturated rings. The summed E-state index contributed by atoms with van der Waals surface area (Å²) in [6.07, 6.45) is 0.250. The average Bonchev–Trinajstić information content (AvgIpc) is 3.59. The molecule has 4 amide bonds. The maximum absolute atomic E-state index is 15.2. The molecule has 3 saturated heterocycles. The molecule has 5 heterocycles. The van der Waals surface area contributed by atoms with Gasteiger partial charge in [-0.2, -0.15) is 18.3 Å². The summed E-state index contributed by atoms with van der Waals surface area (Å²) in [6.45, 7) is 6.33. The lowest BCUT2D eigenvalue weighted by atomic mass is 9.88. The summed E-state index contributed by atoms with van der Waals surface area (Å²) in [7, 11) is 0. The Morgan fingerprint density at radius 3 is 2.42 bits per heavy atom. The van der Waals surface area contributed by atoms with Crippen molar-refractivity contribution in [3.63, 3.8) is 0 Å². The monoisotopic (exact) mass is 792 g/mol. The zero-order chi connectivity index (χ0) is 40.4. The number of benzene rings is 2. The molecule has 3 N–H and O–H groups in total. The number of fused-ring (bicyclic) bond motifs is 1. The number of halogens is 4. The number of nitrogens with one attached hydrogen (secondary N) is 3. The van der Waals surface area contributed by atoms with Crippen molar-refractivity contribution in [3.05, 3.63) is 77.5 Å². The van der Waals surface area contributed by atoms with Crippen molar-refractivity contribution in [2.24, 2.45) is 0 Å². The van der Waals surface area contributed by atoms with Crippen molar-refractivity contribution >= 4 is 45.9 Å². The van der Waals surface area contributed by atoms with Gasteiger partial charge >= 0.3 is 6.18 Å². The highest BCUT2D eigenvalue weighted by atomic mass is 19.4. The lowest BCUT2D eigenvalue weighted by Gasteiger charge is -2.36. The predicted octanol–water partition coefficient (Wildman–Crippen LogP) is 5.89. The van der Waals surface area contributed by atoms with Crippen LogP contribution in [0.4, 0.5) is 28.9 Å². The molecule has 2 aromatic heterocycles. The first kappa shape index (κ1) is 39.6. The van der Waals surface area contributed by atoms with Crippen LogP contribution in [0.5, 0.6) is 5.75 Å². The number of hydrogen-bond acceptors (Lipinski definition) is 9. The molecule has 302 valence electrons. The van der Waals surface area contributed by atoms with Gasteiger partial charge in [0.05, 0.1) is 29.9 Å². The van der Waals surface area contributed by atoms with E-state index in [9.17, 15) is 32.3 Å². The van der Waals surface area contributed by atoms with Crippen molar-refractivity contribution in [1.29, 1.82) is 0 Å². The highest BCUT2D eigenvalue weighted by molar-refractivity contribution is 6.05. The molecule has 2 aromatic carbocycles. The third kappa shape index (κ3) is 9.35. The Morgan fingerprint density at radius 1 is 0.982 bits per heavy atom. The van der Waals surface area contributed by atoms with Gasteiger partial charge in [0.25, 0.3) is 5.91 Å². The third-order valence-corrected chi connectivity index (χ3v) is 10.7. The van der Waals surface area contributed by atoms with E-state index in [0.717, 1.165) is 25.0 Å². The fourth-order valence-electron chi connectivity index (χ4n) is 7.67. The van der Waals surface area contributed by atoms with Crippen LogP contribution in [0, 0.1) is 5.82 Å². The molecule has 17 heteroatoms. The van der Waals surface area contributed by atoms with E-state index in [2.05, 4.69) is 25.8 Å². The SMILES string of the molecule is CC(C)Oc1cc2nn(C3CCN(CC(=O)N4CCC(c5ccc(NC6CCC(=O)NC6=O)cc5F)CC4)CC3)cc2cc1NC(=O)c1cccc(C(F)(F)F)n1. The highest BCUT2D eigenvalue weighted by Crippen LogP contribution is 2.35. The van der Waals surface area contributed by atoms with Crippen LogP contribution in [0.25, 0.3) is 10.9 Å². The normalized spacial score (nSPS) is 18.9. The second-order valence-electron chi connectivity index (χ2n) is 15.1. The van der Waals surface area contributed by atoms with Gasteiger partial charge in [0.2, 0.25) is 17.7 Å². The minimum absolute atomic E-state index is 0.0354. The summed E-state index contributed by atoms with van der Waals surface area (Å²) in [5.74, 6) is -1.59. The summed E-state index contributed by atoms with van der Waals surface area (Å²) >= 11 is 0. The number of carbonyl (C=O) groups excluding carboxylic acids is 4. The molecule has 0 saturated carbocycles. The number of pyridine rings is 1. The molecule has 57 heavy (non-hydrogen) atoms. The molecule has 0 bridgehead atoms. The van der Waals surface area contributed by atoms with Crippen molar-refractivity contribution in [2.75, 3.05) is 43.4 Å². The van der Waals surface area contributed by atoms with Gasteiger partial charge in [0.15, 0.2) is 0 Å². The third-order valence-electron chi connectivity index (χ3n) is 10.7. The number of rotatable bonds is 10. The number of aromatic nitrogens is 3. The van der Waals surface area contributed by atoms with E-state index in [1.807, 2.05) is 29.6 Å². The fraction of sp³-hybridized carbons (Fsp3) is 0.450. The van der Waals surface area contributed by atoms with E-state index in [0.29, 0.717) is 73.3 Å². The molecule has 3 aliphatic heterocycles. The number of nitrogens with zero attached hydrogens (tertiary/aromatic N) is 5. The second kappa shape index (κ2) is 16.5. The molecule has 0 aliphatic carbocycles. The van der Waals surface area contributed by atoms with Gasteiger partial charge in [-0.15, -0.1) is 0 Å². The Balaban J connectivity index is 0.915. The topological polar surface area (TPSA) is 151 Å². The van der Waals surface area contributed by atoms with Gasteiger partial charge in [0, 0.05) is 55.9 Å². The van der Waals surface area contributed by atoms with Crippen LogP contribution in [0.3, 0.4) is 0 Å². The molecule has 4 aromatic rings. The van der Waals surface area contributed by atoms with Gasteiger partial charge in [-0.3, -0.25) is 34.1 Å². The van der Waals surface area contributed by atoms with E-state index in [-0.39, 0.29) is 60.0 Å². The van der Waals surface area contributed by atoms with Crippen molar-refractivity contribution in [1.82, 2.24) is 29.9 Å². The van der Waals surface area contributed by atoms with Crippen LogP contribution < -0.4 is 20.7 Å². The van der Waals surface area contributed by atoms with E-state index in [1.165, 1.54) is 12.1 Å². The minimum Gasteiger partial charge on any atom is -0.489 e. The standard InChI is InChI=1S/C40H44F4N8O5/c1-23(2)57-34-20-32-25(18-33(34)47-38(55)30-4-3-5-35(46-30)40(42,43)44)21-52(49-32)27-12-14-50(15-13-27)22-37(54)51-16-10-24(11-17-51)28-7-6-26(19-29(28)41)45-31-8-9-36(53)48-39(31)56/h3-7,18-21,23-24,27,31,45H,8-17,22H2,1-2H3,(H,47,55)(H,48,53,56). The molecule has 3 aliphatic rings. The first-order valence-corrected chi connectivity index (χ1v) is 19.1. The quantitative estimate of drug-likeness (QED) is 0.132. The zero-order valence-corrected chi connectivity index (χ0v) is 31.6. The maximum atomic E-state index is 15.2. The smallest absolute Gasteiger partial charge is 0.433 e. The van der Waals surface area contributed by atoms with Crippen molar-refractivity contribution in [3.8, 4) is 5.75 Å². The molecular formula is C40H44F4N8O5. The maximum Gasteiger partial charge on any atom is 0.433 e. The average molecular weight is 793 g/mol. The summed E-state index contributed by atoms with van der Waals surface area (Å²) in [5.41, 5.74) is 0.414. The van der Waals surface area contributed by atoms with Gasteiger partial charge in [0.1, 0.15) is 29.0 Å². The van der Waals surface area contributed by atoms with Crippen LogP contribution in [0.15, 0.2) is 54.7 Å². The summed E-state index contributed by atoms with van der Waals surface area (Å²) in [6, 6.07) is 10.8. The predicted molar refractivity (Wildman–Crippen MR) is 202 cm³/mol. The number of imide groups is 1. The number of alkyl halides is 3. The van der Waals surface area contributed by atoms with Crippen LogP contribution in [0.1, 0.15) is 86.1 Å². The Labute approximate surface area is 326 Å². The number of likely N-dealkylation sites (tertiary alicyclic amines) is 2. The number of amides is 4. The summed E-state index contributed by atoms with van der Waals surface area (Å²) in [5, 5.41) is 13.5. The van der Waals surface area contributed by atoms with Crippen molar-refractivity contribution < 1.29 is 41.5 Å². The Morgan fingerprint density at radius 2 is 1.74 bits per heavy atom. The zero-order valence-electron chi connectivity index (χ0n) is 31.6. The van der Waals surface area contributed by atoms with Gasteiger partial charge in [-0.25, -0.2) is 9.37 Å². The van der Waals surface area contributed by atoms with Gasteiger partial charge in [-0.1, -0.05) is 12.1 Å². The van der Waals surface area contributed by atoms with Crippen LogP contribution in [0.2, 0.25) is 0 Å². The van der Waals surface area contributed by atoms with Crippen LogP contribution in [-0.2, 0) is 20.6 Å². The number of hydrogen-bond donors (Lipinski definition) is 3. The van der Waals surface area contributed by atoms with Crippen molar-refractivity contribution in [2.45, 2.75) is 82.7 Å². The Hall–Kier alpha value is -5.58. The van der Waals surface area contributed by atoms with E-state index >= 15 is 4.39 Å². The molecule has 0 spiro atoms. The van der Waals surface area contributed by atoms with E-state index in [4.69, 9.17) is 9.84 Å². The molecule has 13 nitrogen and oxygen atoms in total. The molecular weight excluding hydrogens is 748 g/mol. The lowest BCUT2D eigenvalue weighted by molar-refractivity contribution is -0.141. The van der Waals surface area contributed by atoms with E-state index in [1.54, 1.807) is 24.3 Å². The molecule has 1 unspecified atom stereocenters. The lowest BCUT2D eigenvalue weighted by Crippen LogP contribution is -2.47. The van der Waals surface area contributed by atoms with Gasteiger partial charge < -0.3 is 20.3 Å². The first-order valence-electron chi connectivity index (χ1n) is 19.1. The number of piperidine rings is 3. The second-order valence-corrected chi connectivity index (χ2v) is 15.1. The minimum atomic E-state index is -4.69. The van der Waals surface area contributed by atoms with Crippen LogP contribution in [-0.4, -0.2) is 93.1 Å². The Bertz CT molecular complexity index is 2160. The number of ether oxygens (including phenoxy) is 1. The molecule has 1 atom stereocenters. The highest BCUT2D eigenvalue weighted by Gasteiger charge is 2.33. The number of carbonyl (C=O) groups is 4. The summed E-state index contributed by atoms with van der Waals surface area (Å²) in [4.78, 5) is 57.3. The first-order chi connectivity index (χ1) is 27.2. The Kier molecular flexibility index (Phi) is 11.5. The summed E-state index contributed by atoms with van der Waals surface area (Å²) < 4.78 is 62.7. The number of anilines is 2. The van der Waals surface area contributed by atoms with Crippen LogP contribution >= 0.6 is 0 Å². The fourth-order valence-corrected chi connectivity index (χ4v) is 7.67. The van der Waals surface area contributed by atoms with Gasteiger partial charge in [-0.05, 0) is 87.8 Å².